The topological polar surface area (TPSA) is 91.7 Å². The highest BCUT2D eigenvalue weighted by Gasteiger charge is 2.36. The van der Waals surface area contributed by atoms with Gasteiger partial charge in [0.15, 0.2) is 0 Å². The van der Waals surface area contributed by atoms with Crippen molar-refractivity contribution < 1.29 is 9.53 Å². The molecule has 1 N–H and O–H groups in total. The molecule has 0 radical (unpaired) electrons. The van der Waals surface area contributed by atoms with E-state index < -0.39 is 0 Å². The summed E-state index contributed by atoms with van der Waals surface area (Å²) in [6.45, 7) is 4.79. The molecule has 1 atom stereocenters. The zero-order valence-corrected chi connectivity index (χ0v) is 20.4. The number of pyridine rings is 2. The summed E-state index contributed by atoms with van der Waals surface area (Å²) in [6.07, 6.45) is 8.00. The van der Waals surface area contributed by atoms with E-state index in [4.69, 9.17) is 9.72 Å². The van der Waals surface area contributed by atoms with E-state index >= 15 is 0 Å². The van der Waals surface area contributed by atoms with Crippen LogP contribution in [0.3, 0.4) is 0 Å². The van der Waals surface area contributed by atoms with Crippen molar-refractivity contribution in [2.24, 2.45) is 0 Å². The maximum atomic E-state index is 14.0. The summed E-state index contributed by atoms with van der Waals surface area (Å²) in [5.41, 5.74) is 5.26. The molecule has 1 amide bonds. The van der Waals surface area contributed by atoms with Crippen LogP contribution in [0.15, 0.2) is 67.4 Å². The van der Waals surface area contributed by atoms with E-state index in [9.17, 15) is 4.79 Å². The Balaban J connectivity index is 1.23. The maximum Gasteiger partial charge on any atom is 0.258 e. The number of imidazole rings is 1. The van der Waals surface area contributed by atoms with Crippen molar-refractivity contribution in [3.63, 3.8) is 0 Å². The number of morpholine rings is 1. The second-order valence-corrected chi connectivity index (χ2v) is 9.69. The number of carbonyl (C=O) groups is 1. The Hall–Kier alpha value is -4.08. The fourth-order valence-electron chi connectivity index (χ4n) is 5.50. The predicted molar refractivity (Wildman–Crippen MR) is 138 cm³/mol. The second-order valence-electron chi connectivity index (χ2n) is 9.69. The molecule has 1 saturated heterocycles. The molecule has 0 unspecified atom stereocenters. The molecule has 0 aliphatic carbocycles. The zero-order chi connectivity index (χ0) is 24.8. The first-order chi connectivity index (χ1) is 18.2. The minimum absolute atomic E-state index is 0.0652. The van der Waals surface area contributed by atoms with Gasteiger partial charge in [-0.05, 0) is 23.1 Å². The van der Waals surface area contributed by atoms with Gasteiger partial charge >= 0.3 is 0 Å². The molecule has 7 rings (SSSR count). The average molecular weight is 494 g/mol. The first-order valence-corrected chi connectivity index (χ1v) is 12.7. The lowest BCUT2D eigenvalue weighted by atomic mass is 9.97. The number of nitrogens with zero attached hydrogens (tertiary/aromatic N) is 6. The number of aromatic amines is 1. The summed E-state index contributed by atoms with van der Waals surface area (Å²) >= 11 is 0. The maximum absolute atomic E-state index is 14.0. The van der Waals surface area contributed by atoms with Gasteiger partial charge in [0.1, 0.15) is 6.04 Å². The summed E-state index contributed by atoms with van der Waals surface area (Å²) in [4.78, 5) is 30.9. The van der Waals surface area contributed by atoms with Gasteiger partial charge in [0.25, 0.3) is 5.91 Å². The van der Waals surface area contributed by atoms with Crippen molar-refractivity contribution >= 4 is 22.2 Å². The number of hydrogen-bond acceptors (Lipinski definition) is 6. The minimum Gasteiger partial charge on any atom is -0.379 e. The largest absolute Gasteiger partial charge is 0.379 e. The number of H-pyrrole nitrogens is 1. The molecule has 9 heteroatoms. The highest BCUT2D eigenvalue weighted by molar-refractivity contribution is 6.01. The minimum atomic E-state index is -0.373. The first kappa shape index (κ1) is 22.1. The zero-order valence-electron chi connectivity index (χ0n) is 20.4. The molecule has 0 saturated carbocycles. The van der Waals surface area contributed by atoms with Crippen molar-refractivity contribution in [2.75, 3.05) is 32.8 Å². The van der Waals surface area contributed by atoms with Gasteiger partial charge in [-0.2, -0.15) is 5.10 Å². The summed E-state index contributed by atoms with van der Waals surface area (Å²) in [5, 5.41) is 6.71. The van der Waals surface area contributed by atoms with Crippen LogP contribution in [0, 0.1) is 0 Å². The van der Waals surface area contributed by atoms with Gasteiger partial charge in [0.2, 0.25) is 0 Å². The van der Waals surface area contributed by atoms with Gasteiger partial charge in [0, 0.05) is 56.1 Å². The molecule has 5 aromatic rings. The average Bonchev–Trinajstić information content (AvgIpc) is 3.59. The first-order valence-electron chi connectivity index (χ1n) is 12.7. The molecular weight excluding hydrogens is 466 g/mol. The fourth-order valence-corrected chi connectivity index (χ4v) is 5.50. The van der Waals surface area contributed by atoms with Crippen LogP contribution in [0.2, 0.25) is 0 Å². The Kier molecular flexibility index (Phi) is 5.44. The van der Waals surface area contributed by atoms with Crippen LogP contribution in [-0.2, 0) is 17.7 Å². The smallest absolute Gasteiger partial charge is 0.258 e. The van der Waals surface area contributed by atoms with Crippen molar-refractivity contribution in [2.45, 2.75) is 19.0 Å². The number of benzene rings is 1. The molecule has 6 heterocycles. The van der Waals surface area contributed by atoms with Crippen LogP contribution >= 0.6 is 0 Å². The van der Waals surface area contributed by atoms with Crippen LogP contribution in [0.5, 0.6) is 0 Å². The lowest BCUT2D eigenvalue weighted by Crippen LogP contribution is -2.41. The van der Waals surface area contributed by atoms with E-state index in [2.05, 4.69) is 38.2 Å². The van der Waals surface area contributed by atoms with Gasteiger partial charge in [0.05, 0.1) is 48.2 Å². The molecule has 37 heavy (non-hydrogen) atoms. The van der Waals surface area contributed by atoms with E-state index in [0.29, 0.717) is 18.5 Å². The number of aromatic nitrogens is 5. The van der Waals surface area contributed by atoms with E-state index in [0.717, 1.165) is 71.8 Å². The van der Waals surface area contributed by atoms with Gasteiger partial charge in [-0.3, -0.25) is 14.7 Å². The van der Waals surface area contributed by atoms with Crippen molar-refractivity contribution in [3.8, 4) is 0 Å². The number of carbonyl (C=O) groups excluding carboxylic acids is 1. The number of nitrogens with one attached hydrogen (secondary N) is 1. The number of rotatable bonds is 4. The number of fused-ring (bicyclic) bond motifs is 3. The molecule has 9 nitrogen and oxygen atoms in total. The Morgan fingerprint density at radius 2 is 1.89 bits per heavy atom. The molecule has 186 valence electrons. The van der Waals surface area contributed by atoms with Gasteiger partial charge in [-0.1, -0.05) is 30.3 Å². The Bertz CT molecular complexity index is 1600. The molecule has 2 aliphatic rings. The normalized spacial score (nSPS) is 18.4. The molecule has 4 aromatic heterocycles. The third-order valence-corrected chi connectivity index (χ3v) is 7.44. The Morgan fingerprint density at radius 3 is 2.78 bits per heavy atom. The van der Waals surface area contributed by atoms with Crippen molar-refractivity contribution in [1.29, 1.82) is 0 Å². The summed E-state index contributed by atoms with van der Waals surface area (Å²) in [5.74, 6) is -0.0652. The monoisotopic (exact) mass is 493 g/mol. The molecule has 1 aromatic carbocycles. The van der Waals surface area contributed by atoms with E-state index in [1.54, 1.807) is 12.5 Å². The summed E-state index contributed by atoms with van der Waals surface area (Å²) in [7, 11) is 0. The van der Waals surface area contributed by atoms with Crippen LogP contribution in [0.4, 0.5) is 0 Å². The van der Waals surface area contributed by atoms with Crippen molar-refractivity contribution in [1.82, 2.24) is 34.4 Å². The SMILES string of the molecule is O=C(c1cnn2cc(CN3CCOCC3)ccc12)N1CCc2[nH]cnc2[C@H]1c1cc2ccccc2cn1. The van der Waals surface area contributed by atoms with Crippen molar-refractivity contribution in [3.05, 3.63) is 95.6 Å². The number of ether oxygens (including phenoxy) is 1. The molecule has 1 fully saturated rings. The van der Waals surface area contributed by atoms with E-state index in [-0.39, 0.29) is 11.9 Å². The summed E-state index contributed by atoms with van der Waals surface area (Å²) in [6, 6.07) is 13.9. The third-order valence-electron chi connectivity index (χ3n) is 7.44. The molecule has 2 aliphatic heterocycles. The van der Waals surface area contributed by atoms with Gasteiger partial charge in [-0.25, -0.2) is 9.50 Å². The summed E-state index contributed by atoms with van der Waals surface area (Å²) < 4.78 is 7.28. The lowest BCUT2D eigenvalue weighted by Gasteiger charge is -2.34. The van der Waals surface area contributed by atoms with Crippen LogP contribution < -0.4 is 0 Å². The fraction of sp³-hybridized carbons (Fsp3) is 0.286. The molecule has 0 bridgehead atoms. The van der Waals surface area contributed by atoms with Crippen LogP contribution in [-0.4, -0.2) is 73.1 Å². The second kappa shape index (κ2) is 9.10. The number of amides is 1. The quantitative estimate of drug-likeness (QED) is 0.413. The van der Waals surface area contributed by atoms with E-state index in [1.807, 2.05) is 46.1 Å². The molecule has 0 spiro atoms. The van der Waals surface area contributed by atoms with Gasteiger partial charge < -0.3 is 14.6 Å². The van der Waals surface area contributed by atoms with Gasteiger partial charge in [-0.15, -0.1) is 0 Å². The standard InChI is InChI=1S/C28H27N7O2/c36-28(22-15-32-35-17-19(5-6-25(22)35)16-33-9-11-37-12-10-33)34-8-7-23-26(31-18-30-23)27(34)24-13-20-3-1-2-4-21(20)14-29-24/h1-6,13-15,17-18,27H,7-12,16H2,(H,30,31)/t27-/m1/s1. The van der Waals surface area contributed by atoms with Crippen LogP contribution in [0.25, 0.3) is 16.3 Å². The predicted octanol–water partition coefficient (Wildman–Crippen LogP) is 3.23. The highest BCUT2D eigenvalue weighted by Crippen LogP contribution is 2.35. The Labute approximate surface area is 213 Å². The Morgan fingerprint density at radius 1 is 1.03 bits per heavy atom. The third kappa shape index (κ3) is 3.96. The molecular formula is C28H27N7O2. The van der Waals surface area contributed by atoms with E-state index in [1.165, 1.54) is 0 Å². The lowest BCUT2D eigenvalue weighted by molar-refractivity contribution is 0.0341. The highest BCUT2D eigenvalue weighted by atomic mass is 16.5. The van der Waals surface area contributed by atoms with Crippen LogP contribution in [0.1, 0.15) is 39.0 Å². The number of hydrogen-bond donors (Lipinski definition) is 1.